The molecule has 0 radical (unpaired) electrons. The van der Waals surface area contributed by atoms with Crippen LogP contribution in [0.15, 0.2) is 18.2 Å². The van der Waals surface area contributed by atoms with Crippen molar-refractivity contribution in [2.24, 2.45) is 0 Å². The minimum absolute atomic E-state index is 0.597. The summed E-state index contributed by atoms with van der Waals surface area (Å²) in [5.41, 5.74) is 5.20. The number of rotatable bonds is 3. The molecule has 1 aromatic carbocycles. The SMILES string of the molecule is CCOc1ccc(-n2c(C)c3c(C)nnc(C)c3c2C)cc1Cl. The molecule has 23 heavy (non-hydrogen) atoms. The Balaban J connectivity index is 2.27. The summed E-state index contributed by atoms with van der Waals surface area (Å²) < 4.78 is 7.73. The van der Waals surface area contributed by atoms with Crippen LogP contribution < -0.4 is 4.74 Å². The number of benzene rings is 1. The van der Waals surface area contributed by atoms with Crippen molar-refractivity contribution in [3.63, 3.8) is 0 Å². The average molecular weight is 330 g/mol. The van der Waals surface area contributed by atoms with Gasteiger partial charge in [-0.2, -0.15) is 10.2 Å². The first-order chi connectivity index (χ1) is 11.0. The summed E-state index contributed by atoms with van der Waals surface area (Å²) in [5, 5.41) is 11.5. The van der Waals surface area contributed by atoms with Crippen molar-refractivity contribution in [1.82, 2.24) is 14.8 Å². The van der Waals surface area contributed by atoms with E-state index in [1.165, 1.54) is 10.8 Å². The number of aryl methyl sites for hydroxylation is 4. The number of nitrogens with zero attached hydrogens (tertiary/aromatic N) is 3. The van der Waals surface area contributed by atoms with Crippen molar-refractivity contribution in [3.8, 4) is 11.4 Å². The van der Waals surface area contributed by atoms with E-state index in [0.717, 1.165) is 28.5 Å². The number of hydrogen-bond donors (Lipinski definition) is 0. The van der Waals surface area contributed by atoms with Crippen LogP contribution in [0.2, 0.25) is 5.02 Å². The number of fused-ring (bicyclic) bond motifs is 1. The van der Waals surface area contributed by atoms with Crippen LogP contribution in [0.25, 0.3) is 16.5 Å². The third-order valence-corrected chi connectivity index (χ3v) is 4.49. The molecular weight excluding hydrogens is 310 g/mol. The molecule has 0 aliphatic heterocycles. The van der Waals surface area contributed by atoms with E-state index in [9.17, 15) is 0 Å². The zero-order valence-corrected chi connectivity index (χ0v) is 14.8. The van der Waals surface area contributed by atoms with Gasteiger partial charge in [0.1, 0.15) is 5.75 Å². The van der Waals surface area contributed by atoms with Gasteiger partial charge in [-0.25, -0.2) is 0 Å². The molecule has 120 valence electrons. The fourth-order valence-corrected chi connectivity index (χ4v) is 3.49. The molecule has 0 atom stereocenters. The van der Waals surface area contributed by atoms with Gasteiger partial charge in [0.05, 0.1) is 23.0 Å². The van der Waals surface area contributed by atoms with E-state index in [1.807, 2.05) is 39.0 Å². The summed E-state index contributed by atoms with van der Waals surface area (Å²) in [4.78, 5) is 0. The molecular formula is C18H20ClN3O. The minimum Gasteiger partial charge on any atom is -0.492 e. The first-order valence-corrected chi connectivity index (χ1v) is 8.07. The summed E-state index contributed by atoms with van der Waals surface area (Å²) in [5.74, 6) is 0.709. The van der Waals surface area contributed by atoms with E-state index in [2.05, 4.69) is 28.6 Å². The molecule has 0 amide bonds. The van der Waals surface area contributed by atoms with Crippen molar-refractivity contribution in [3.05, 3.63) is 46.0 Å². The monoisotopic (exact) mass is 329 g/mol. The fourth-order valence-electron chi connectivity index (χ4n) is 3.26. The van der Waals surface area contributed by atoms with Gasteiger partial charge < -0.3 is 9.30 Å². The van der Waals surface area contributed by atoms with Crippen LogP contribution in [0.5, 0.6) is 5.75 Å². The summed E-state index contributed by atoms with van der Waals surface area (Å²) in [6.45, 7) is 10.7. The van der Waals surface area contributed by atoms with Crippen LogP contribution in [0, 0.1) is 27.7 Å². The Bertz CT molecular complexity index is 854. The van der Waals surface area contributed by atoms with Gasteiger partial charge in [-0.1, -0.05) is 11.6 Å². The van der Waals surface area contributed by atoms with E-state index in [4.69, 9.17) is 16.3 Å². The maximum Gasteiger partial charge on any atom is 0.138 e. The number of halogens is 1. The van der Waals surface area contributed by atoms with Gasteiger partial charge in [0, 0.05) is 27.8 Å². The molecule has 0 saturated heterocycles. The Hall–Kier alpha value is -2.07. The van der Waals surface area contributed by atoms with Crippen molar-refractivity contribution >= 4 is 22.4 Å². The van der Waals surface area contributed by atoms with Crippen LogP contribution in [0.4, 0.5) is 0 Å². The molecule has 0 saturated carbocycles. The highest BCUT2D eigenvalue weighted by Crippen LogP contribution is 2.34. The Labute approximate surface area is 141 Å². The van der Waals surface area contributed by atoms with Crippen molar-refractivity contribution in [2.75, 3.05) is 6.61 Å². The molecule has 5 heteroatoms. The summed E-state index contributed by atoms with van der Waals surface area (Å²) in [6, 6.07) is 5.89. The van der Waals surface area contributed by atoms with E-state index in [-0.39, 0.29) is 0 Å². The minimum atomic E-state index is 0.597. The second-order valence-corrected chi connectivity index (χ2v) is 6.08. The van der Waals surface area contributed by atoms with Crippen LogP contribution in [0.3, 0.4) is 0 Å². The molecule has 0 aliphatic rings. The highest BCUT2D eigenvalue weighted by Gasteiger charge is 2.18. The van der Waals surface area contributed by atoms with Crippen molar-refractivity contribution in [1.29, 1.82) is 0 Å². The smallest absolute Gasteiger partial charge is 0.138 e. The Morgan fingerprint density at radius 1 is 1.00 bits per heavy atom. The molecule has 3 aromatic rings. The Kier molecular flexibility index (Phi) is 4.02. The second kappa shape index (κ2) is 5.85. The molecule has 2 aromatic heterocycles. The van der Waals surface area contributed by atoms with Crippen LogP contribution in [-0.2, 0) is 0 Å². The van der Waals surface area contributed by atoms with E-state index in [0.29, 0.717) is 17.4 Å². The van der Waals surface area contributed by atoms with E-state index in [1.54, 1.807) is 0 Å². The zero-order valence-electron chi connectivity index (χ0n) is 14.1. The van der Waals surface area contributed by atoms with Crippen molar-refractivity contribution < 1.29 is 4.74 Å². The maximum absolute atomic E-state index is 6.36. The molecule has 4 nitrogen and oxygen atoms in total. The first kappa shape index (κ1) is 15.8. The second-order valence-electron chi connectivity index (χ2n) is 5.67. The quantitative estimate of drug-likeness (QED) is 0.698. The molecule has 2 heterocycles. The first-order valence-electron chi connectivity index (χ1n) is 7.69. The predicted octanol–water partition coefficient (Wildman–Crippen LogP) is 4.71. The normalized spacial score (nSPS) is 11.2. The van der Waals surface area contributed by atoms with Gasteiger partial charge in [0.25, 0.3) is 0 Å². The van der Waals surface area contributed by atoms with Gasteiger partial charge in [-0.05, 0) is 52.8 Å². The number of hydrogen-bond acceptors (Lipinski definition) is 3. The molecule has 0 N–H and O–H groups in total. The van der Waals surface area contributed by atoms with Gasteiger partial charge in [0.2, 0.25) is 0 Å². The Morgan fingerprint density at radius 3 is 2.04 bits per heavy atom. The summed E-state index contributed by atoms with van der Waals surface area (Å²) >= 11 is 6.36. The molecule has 0 spiro atoms. The summed E-state index contributed by atoms with van der Waals surface area (Å²) in [7, 11) is 0. The fraction of sp³-hybridized carbons (Fsp3) is 0.333. The molecule has 0 bridgehead atoms. The third-order valence-electron chi connectivity index (χ3n) is 4.19. The lowest BCUT2D eigenvalue weighted by Crippen LogP contribution is -2.00. The van der Waals surface area contributed by atoms with Gasteiger partial charge in [0.15, 0.2) is 0 Å². The van der Waals surface area contributed by atoms with Gasteiger partial charge in [-0.15, -0.1) is 0 Å². The summed E-state index contributed by atoms with van der Waals surface area (Å²) in [6.07, 6.45) is 0. The van der Waals surface area contributed by atoms with E-state index >= 15 is 0 Å². The lowest BCUT2D eigenvalue weighted by Gasteiger charge is -2.12. The maximum atomic E-state index is 6.36. The molecule has 3 rings (SSSR count). The average Bonchev–Trinajstić information content (AvgIpc) is 2.78. The largest absolute Gasteiger partial charge is 0.492 e. The molecule has 0 fully saturated rings. The van der Waals surface area contributed by atoms with Crippen LogP contribution >= 0.6 is 11.6 Å². The number of aromatic nitrogens is 3. The van der Waals surface area contributed by atoms with E-state index < -0.39 is 0 Å². The highest BCUT2D eigenvalue weighted by molar-refractivity contribution is 6.32. The van der Waals surface area contributed by atoms with Crippen LogP contribution in [0.1, 0.15) is 29.7 Å². The zero-order chi connectivity index (χ0) is 16.7. The lowest BCUT2D eigenvalue weighted by molar-refractivity contribution is 0.340. The molecule has 0 unspecified atom stereocenters. The van der Waals surface area contributed by atoms with Gasteiger partial charge in [-0.3, -0.25) is 0 Å². The van der Waals surface area contributed by atoms with Crippen LogP contribution in [-0.4, -0.2) is 21.4 Å². The topological polar surface area (TPSA) is 39.9 Å². The predicted molar refractivity (Wildman–Crippen MR) is 94.0 cm³/mol. The highest BCUT2D eigenvalue weighted by atomic mass is 35.5. The van der Waals surface area contributed by atoms with Gasteiger partial charge >= 0.3 is 0 Å². The third kappa shape index (κ3) is 2.47. The lowest BCUT2D eigenvalue weighted by atomic mass is 10.1. The standard InChI is InChI=1S/C18H20ClN3O/c1-6-23-16-8-7-14(9-15(16)19)22-12(4)17-10(2)20-21-11(3)18(17)13(22)5/h7-9H,6H2,1-5H3. The van der Waals surface area contributed by atoms with Crippen molar-refractivity contribution in [2.45, 2.75) is 34.6 Å². The number of ether oxygens (including phenoxy) is 1. The molecule has 0 aliphatic carbocycles. The Morgan fingerprint density at radius 2 is 1.57 bits per heavy atom.